The van der Waals surface area contributed by atoms with Crippen molar-refractivity contribution in [3.63, 3.8) is 0 Å². The second-order valence-electron chi connectivity index (χ2n) is 3.44. The van der Waals surface area contributed by atoms with Gasteiger partial charge in [-0.25, -0.2) is 9.97 Å². The van der Waals surface area contributed by atoms with Crippen LogP contribution in [0, 0.1) is 0 Å². The van der Waals surface area contributed by atoms with Gasteiger partial charge in [-0.05, 0) is 24.3 Å². The molecule has 0 fully saturated rings. The van der Waals surface area contributed by atoms with E-state index in [1.807, 2.05) is 34.9 Å². The van der Waals surface area contributed by atoms with E-state index in [-0.39, 0.29) is 0 Å². The summed E-state index contributed by atoms with van der Waals surface area (Å²) in [5, 5.41) is 0.494. The van der Waals surface area contributed by atoms with Gasteiger partial charge in [0.05, 0.1) is 22.9 Å². The Bertz CT molecular complexity index is 628. The first-order valence-corrected chi connectivity index (χ1v) is 5.26. The number of aromatic nitrogens is 3. The second-order valence-corrected chi connectivity index (χ2v) is 3.83. The maximum atomic E-state index is 5.76. The Morgan fingerprint density at radius 1 is 1.00 bits per heavy atom. The molecule has 3 aromatic rings. The third-order valence-electron chi connectivity index (χ3n) is 2.44. The summed E-state index contributed by atoms with van der Waals surface area (Å²) in [5.41, 5.74) is 2.99. The molecule has 78 valence electrons. The van der Waals surface area contributed by atoms with Crippen molar-refractivity contribution in [2.75, 3.05) is 0 Å². The molecule has 0 amide bonds. The van der Waals surface area contributed by atoms with Gasteiger partial charge in [-0.2, -0.15) is 0 Å². The first-order valence-electron chi connectivity index (χ1n) is 4.88. The lowest BCUT2D eigenvalue weighted by atomic mass is 10.3. The summed E-state index contributed by atoms with van der Waals surface area (Å²) in [6.07, 6.45) is 3.52. The summed E-state index contributed by atoms with van der Waals surface area (Å²) in [6.45, 7) is 0. The Morgan fingerprint density at radius 2 is 1.88 bits per heavy atom. The highest BCUT2D eigenvalue weighted by Crippen LogP contribution is 2.17. The first kappa shape index (κ1) is 9.36. The van der Waals surface area contributed by atoms with Crippen LogP contribution in [0.25, 0.3) is 16.7 Å². The highest BCUT2D eigenvalue weighted by Gasteiger charge is 2.03. The van der Waals surface area contributed by atoms with Crippen molar-refractivity contribution in [3.05, 3.63) is 54.1 Å². The number of rotatable bonds is 1. The first-order chi connectivity index (χ1) is 7.84. The van der Waals surface area contributed by atoms with Crippen LogP contribution in [-0.4, -0.2) is 14.5 Å². The van der Waals surface area contributed by atoms with Crippen LogP contribution in [0.15, 0.2) is 48.9 Å². The minimum absolute atomic E-state index is 0.494. The zero-order valence-electron chi connectivity index (χ0n) is 8.34. The highest BCUT2D eigenvalue weighted by molar-refractivity contribution is 6.29. The quantitative estimate of drug-likeness (QED) is 0.601. The van der Waals surface area contributed by atoms with Gasteiger partial charge < -0.3 is 0 Å². The molecular formula is C12H8ClN3. The second kappa shape index (κ2) is 3.61. The van der Waals surface area contributed by atoms with Crippen molar-refractivity contribution in [1.82, 2.24) is 14.5 Å². The summed E-state index contributed by atoms with van der Waals surface area (Å²) in [7, 11) is 0. The summed E-state index contributed by atoms with van der Waals surface area (Å²) in [6, 6.07) is 11.7. The van der Waals surface area contributed by atoms with Crippen LogP contribution < -0.4 is 0 Å². The normalized spacial score (nSPS) is 10.8. The summed E-state index contributed by atoms with van der Waals surface area (Å²) >= 11 is 5.76. The van der Waals surface area contributed by atoms with E-state index in [1.165, 1.54) is 0 Å². The Kier molecular flexibility index (Phi) is 2.11. The number of hydrogen-bond acceptors (Lipinski definition) is 2. The van der Waals surface area contributed by atoms with Crippen LogP contribution in [-0.2, 0) is 0 Å². The molecule has 0 aliphatic heterocycles. The maximum Gasteiger partial charge on any atom is 0.129 e. The van der Waals surface area contributed by atoms with Crippen molar-refractivity contribution in [1.29, 1.82) is 0 Å². The van der Waals surface area contributed by atoms with Crippen LogP contribution in [0.5, 0.6) is 0 Å². The number of halogens is 1. The summed E-state index contributed by atoms with van der Waals surface area (Å²) in [5.74, 6) is 0. The number of hydrogen-bond donors (Lipinski definition) is 0. The van der Waals surface area contributed by atoms with E-state index in [1.54, 1.807) is 18.6 Å². The fraction of sp³-hybridized carbons (Fsp3) is 0. The lowest BCUT2D eigenvalue weighted by Gasteiger charge is -2.02. The van der Waals surface area contributed by atoms with Gasteiger partial charge in [-0.1, -0.05) is 23.7 Å². The fourth-order valence-electron chi connectivity index (χ4n) is 1.68. The lowest BCUT2D eigenvalue weighted by Crippen LogP contribution is -1.92. The predicted molar refractivity (Wildman–Crippen MR) is 63.9 cm³/mol. The zero-order chi connectivity index (χ0) is 11.0. The number of para-hydroxylation sites is 2. The topological polar surface area (TPSA) is 30.7 Å². The van der Waals surface area contributed by atoms with Gasteiger partial charge in [0.25, 0.3) is 0 Å². The van der Waals surface area contributed by atoms with Crippen molar-refractivity contribution < 1.29 is 0 Å². The highest BCUT2D eigenvalue weighted by atomic mass is 35.5. The molecule has 0 N–H and O–H groups in total. The predicted octanol–water partition coefficient (Wildman–Crippen LogP) is 3.07. The van der Waals surface area contributed by atoms with Gasteiger partial charge in [0.1, 0.15) is 11.5 Å². The van der Waals surface area contributed by atoms with Gasteiger partial charge in [0.2, 0.25) is 0 Å². The molecule has 2 heterocycles. The Hall–Kier alpha value is -1.87. The van der Waals surface area contributed by atoms with E-state index >= 15 is 0 Å². The molecule has 16 heavy (non-hydrogen) atoms. The zero-order valence-corrected chi connectivity index (χ0v) is 9.09. The Morgan fingerprint density at radius 3 is 2.69 bits per heavy atom. The molecule has 0 aliphatic carbocycles. The molecule has 3 nitrogen and oxygen atoms in total. The van der Waals surface area contributed by atoms with E-state index in [2.05, 4.69) is 9.97 Å². The molecule has 0 aliphatic rings. The molecule has 0 radical (unpaired) electrons. The number of imidazole rings is 1. The third-order valence-corrected chi connectivity index (χ3v) is 2.67. The average molecular weight is 230 g/mol. The van der Waals surface area contributed by atoms with E-state index in [4.69, 9.17) is 11.6 Å². The van der Waals surface area contributed by atoms with Crippen LogP contribution >= 0.6 is 11.6 Å². The Balaban J connectivity index is 2.22. The van der Waals surface area contributed by atoms with E-state index < -0.39 is 0 Å². The summed E-state index contributed by atoms with van der Waals surface area (Å²) < 4.78 is 1.98. The molecule has 3 rings (SSSR count). The third kappa shape index (κ3) is 1.46. The number of benzene rings is 1. The number of fused-ring (bicyclic) bond motifs is 1. The molecule has 2 aromatic heterocycles. The number of nitrogens with zero attached hydrogens (tertiary/aromatic N) is 3. The van der Waals surface area contributed by atoms with Crippen LogP contribution in [0.2, 0.25) is 5.15 Å². The van der Waals surface area contributed by atoms with Crippen LogP contribution in [0.4, 0.5) is 0 Å². The fourth-order valence-corrected chi connectivity index (χ4v) is 1.79. The van der Waals surface area contributed by atoms with Gasteiger partial charge in [-0.3, -0.25) is 4.57 Å². The van der Waals surface area contributed by atoms with E-state index in [0.717, 1.165) is 16.7 Å². The molecule has 0 saturated carbocycles. The standard InChI is InChI=1S/C12H8ClN3/c13-12-6-5-9(7-14-12)16-8-15-10-3-1-2-4-11(10)16/h1-8H. The van der Waals surface area contributed by atoms with Crippen LogP contribution in [0.3, 0.4) is 0 Å². The summed E-state index contributed by atoms with van der Waals surface area (Å²) in [4.78, 5) is 8.38. The SMILES string of the molecule is Clc1ccc(-n2cnc3ccccc32)cn1. The Labute approximate surface area is 97.3 Å². The van der Waals surface area contributed by atoms with Gasteiger partial charge in [0, 0.05) is 0 Å². The molecule has 0 spiro atoms. The van der Waals surface area contributed by atoms with E-state index in [0.29, 0.717) is 5.15 Å². The van der Waals surface area contributed by atoms with Gasteiger partial charge >= 0.3 is 0 Å². The molecule has 1 aromatic carbocycles. The van der Waals surface area contributed by atoms with E-state index in [9.17, 15) is 0 Å². The van der Waals surface area contributed by atoms with Crippen molar-refractivity contribution in [2.45, 2.75) is 0 Å². The molecule has 0 atom stereocenters. The average Bonchev–Trinajstić information content (AvgIpc) is 2.74. The smallest absolute Gasteiger partial charge is 0.129 e. The van der Waals surface area contributed by atoms with Crippen molar-refractivity contribution in [3.8, 4) is 5.69 Å². The van der Waals surface area contributed by atoms with Crippen molar-refractivity contribution >= 4 is 22.6 Å². The molecule has 4 heteroatoms. The maximum absolute atomic E-state index is 5.76. The minimum Gasteiger partial charge on any atom is -0.297 e. The molecule has 0 bridgehead atoms. The van der Waals surface area contributed by atoms with Gasteiger partial charge in [-0.15, -0.1) is 0 Å². The van der Waals surface area contributed by atoms with Crippen LogP contribution in [0.1, 0.15) is 0 Å². The van der Waals surface area contributed by atoms with Crippen molar-refractivity contribution in [2.24, 2.45) is 0 Å². The van der Waals surface area contributed by atoms with Gasteiger partial charge in [0.15, 0.2) is 0 Å². The largest absolute Gasteiger partial charge is 0.297 e. The number of pyridine rings is 1. The lowest BCUT2D eigenvalue weighted by molar-refractivity contribution is 1.07. The minimum atomic E-state index is 0.494. The molecule has 0 unspecified atom stereocenters. The molecular weight excluding hydrogens is 222 g/mol. The molecule has 0 saturated heterocycles. The monoisotopic (exact) mass is 229 g/mol.